The molecule has 0 radical (unpaired) electrons. The molecule has 0 aromatic carbocycles. The summed E-state index contributed by atoms with van der Waals surface area (Å²) in [4.78, 5) is 4.14. The predicted molar refractivity (Wildman–Crippen MR) is 27.8 cm³/mol. The standard InChI is InChI=1S/C4H11NO3/c5-8-2-1-4(7)3-6/h4,6-7H,1-3,5H2. The van der Waals surface area contributed by atoms with Gasteiger partial charge in [0.05, 0.1) is 19.3 Å². The van der Waals surface area contributed by atoms with Gasteiger partial charge in [-0.05, 0) is 0 Å². The Labute approximate surface area is 47.8 Å². The Bertz CT molecular complexity index is 50.5. The monoisotopic (exact) mass is 121 g/mol. The zero-order valence-corrected chi connectivity index (χ0v) is 4.58. The summed E-state index contributed by atoms with van der Waals surface area (Å²) in [6.07, 6.45) is -0.314. The zero-order chi connectivity index (χ0) is 6.41. The van der Waals surface area contributed by atoms with E-state index in [1.54, 1.807) is 0 Å². The van der Waals surface area contributed by atoms with E-state index in [0.29, 0.717) is 6.42 Å². The van der Waals surface area contributed by atoms with Crippen molar-refractivity contribution in [3.63, 3.8) is 0 Å². The lowest BCUT2D eigenvalue weighted by Gasteiger charge is -2.02. The molecule has 4 nitrogen and oxygen atoms in total. The first kappa shape index (κ1) is 7.84. The molecule has 0 heterocycles. The normalized spacial score (nSPS) is 13.9. The molecule has 0 rings (SSSR count). The van der Waals surface area contributed by atoms with Crippen LogP contribution in [0.25, 0.3) is 0 Å². The zero-order valence-electron chi connectivity index (χ0n) is 4.58. The molecule has 0 fully saturated rings. The number of nitrogens with two attached hydrogens (primary N) is 1. The molecule has 0 bridgehead atoms. The van der Waals surface area contributed by atoms with Crippen LogP contribution < -0.4 is 5.90 Å². The number of aliphatic hydroxyl groups is 2. The summed E-state index contributed by atoms with van der Waals surface area (Å²) < 4.78 is 0. The van der Waals surface area contributed by atoms with Crippen molar-refractivity contribution < 1.29 is 15.1 Å². The maximum atomic E-state index is 8.60. The summed E-state index contributed by atoms with van der Waals surface area (Å²) in [5.41, 5.74) is 0. The first-order valence-electron chi connectivity index (χ1n) is 2.42. The third kappa shape index (κ3) is 4.01. The van der Waals surface area contributed by atoms with Crippen LogP contribution in [0.1, 0.15) is 6.42 Å². The van der Waals surface area contributed by atoms with E-state index in [0.717, 1.165) is 0 Å². The molecule has 0 saturated carbocycles. The molecular weight excluding hydrogens is 110 g/mol. The van der Waals surface area contributed by atoms with Gasteiger partial charge in [-0.2, -0.15) is 0 Å². The molecule has 4 N–H and O–H groups in total. The molecule has 4 heteroatoms. The molecule has 1 atom stereocenters. The highest BCUT2D eigenvalue weighted by Crippen LogP contribution is 1.87. The van der Waals surface area contributed by atoms with Crippen LogP contribution in [-0.2, 0) is 4.84 Å². The predicted octanol–water partition coefficient (Wildman–Crippen LogP) is -1.38. The smallest absolute Gasteiger partial charge is 0.0793 e. The van der Waals surface area contributed by atoms with Crippen LogP contribution in [0.3, 0.4) is 0 Å². The molecule has 0 aliphatic heterocycles. The highest BCUT2D eigenvalue weighted by atomic mass is 16.6. The summed E-state index contributed by atoms with van der Waals surface area (Å²) in [5.74, 6) is 4.64. The minimum Gasteiger partial charge on any atom is -0.394 e. The fourth-order valence-electron chi connectivity index (χ4n) is 0.295. The summed E-state index contributed by atoms with van der Waals surface area (Å²) in [5, 5.41) is 16.8. The van der Waals surface area contributed by atoms with Gasteiger partial charge >= 0.3 is 0 Å². The lowest BCUT2D eigenvalue weighted by molar-refractivity contribution is 0.0485. The molecule has 0 amide bonds. The van der Waals surface area contributed by atoms with Crippen molar-refractivity contribution in [3.8, 4) is 0 Å². The van der Waals surface area contributed by atoms with Gasteiger partial charge in [0.25, 0.3) is 0 Å². The van der Waals surface area contributed by atoms with Crippen molar-refractivity contribution >= 4 is 0 Å². The van der Waals surface area contributed by atoms with Gasteiger partial charge in [0.1, 0.15) is 0 Å². The third-order valence-electron chi connectivity index (χ3n) is 0.780. The molecule has 8 heavy (non-hydrogen) atoms. The summed E-state index contributed by atoms with van der Waals surface area (Å²) in [6, 6.07) is 0. The lowest BCUT2D eigenvalue weighted by atomic mass is 10.3. The van der Waals surface area contributed by atoms with E-state index in [4.69, 9.17) is 10.2 Å². The van der Waals surface area contributed by atoms with Crippen molar-refractivity contribution in [2.45, 2.75) is 12.5 Å². The fourth-order valence-corrected chi connectivity index (χ4v) is 0.295. The molecule has 0 aliphatic rings. The van der Waals surface area contributed by atoms with E-state index >= 15 is 0 Å². The van der Waals surface area contributed by atoms with E-state index in [1.807, 2.05) is 0 Å². The molecule has 1 unspecified atom stereocenters. The van der Waals surface area contributed by atoms with Crippen molar-refractivity contribution in [3.05, 3.63) is 0 Å². The Morgan fingerprint density at radius 3 is 2.62 bits per heavy atom. The van der Waals surface area contributed by atoms with Gasteiger partial charge in [0.2, 0.25) is 0 Å². The molecule has 50 valence electrons. The fraction of sp³-hybridized carbons (Fsp3) is 1.00. The molecule has 0 aliphatic carbocycles. The Morgan fingerprint density at radius 2 is 2.25 bits per heavy atom. The Kier molecular flexibility index (Phi) is 4.89. The number of aliphatic hydroxyl groups excluding tert-OH is 2. The van der Waals surface area contributed by atoms with Gasteiger partial charge in [-0.25, -0.2) is 5.90 Å². The van der Waals surface area contributed by atoms with E-state index in [9.17, 15) is 0 Å². The molecule has 0 saturated heterocycles. The van der Waals surface area contributed by atoms with Crippen LogP contribution >= 0.6 is 0 Å². The minimum atomic E-state index is -0.696. The second-order valence-electron chi connectivity index (χ2n) is 1.50. The first-order valence-corrected chi connectivity index (χ1v) is 2.42. The number of hydrogen-bond acceptors (Lipinski definition) is 4. The highest BCUT2D eigenvalue weighted by molar-refractivity contribution is 4.49. The maximum Gasteiger partial charge on any atom is 0.0793 e. The van der Waals surface area contributed by atoms with Gasteiger partial charge in [-0.3, -0.25) is 0 Å². The average molecular weight is 121 g/mol. The van der Waals surface area contributed by atoms with Gasteiger partial charge in [-0.1, -0.05) is 0 Å². The van der Waals surface area contributed by atoms with Crippen LogP contribution in [0.5, 0.6) is 0 Å². The summed E-state index contributed by atoms with van der Waals surface area (Å²) in [7, 11) is 0. The van der Waals surface area contributed by atoms with Crippen molar-refractivity contribution in [2.24, 2.45) is 5.90 Å². The van der Waals surface area contributed by atoms with Crippen LogP contribution in [-0.4, -0.2) is 29.5 Å². The minimum absolute atomic E-state index is 0.233. The van der Waals surface area contributed by atoms with Crippen LogP contribution in [0.15, 0.2) is 0 Å². The van der Waals surface area contributed by atoms with E-state index in [2.05, 4.69) is 10.7 Å². The average Bonchev–Trinajstić information content (AvgIpc) is 1.83. The van der Waals surface area contributed by atoms with E-state index < -0.39 is 6.10 Å². The van der Waals surface area contributed by atoms with Gasteiger partial charge in [0, 0.05) is 6.42 Å². The van der Waals surface area contributed by atoms with E-state index in [1.165, 1.54) is 0 Å². The quantitative estimate of drug-likeness (QED) is 0.401. The van der Waals surface area contributed by atoms with Crippen LogP contribution in [0, 0.1) is 0 Å². The second kappa shape index (κ2) is 4.99. The van der Waals surface area contributed by atoms with E-state index in [-0.39, 0.29) is 13.2 Å². The van der Waals surface area contributed by atoms with Crippen molar-refractivity contribution in [2.75, 3.05) is 13.2 Å². The largest absolute Gasteiger partial charge is 0.394 e. The molecular formula is C4H11NO3. The third-order valence-corrected chi connectivity index (χ3v) is 0.780. The van der Waals surface area contributed by atoms with Crippen LogP contribution in [0.2, 0.25) is 0 Å². The first-order chi connectivity index (χ1) is 3.81. The molecule has 0 spiro atoms. The Balaban J connectivity index is 2.86. The summed E-state index contributed by atoms with van der Waals surface area (Å²) in [6.45, 7) is 0.0467. The topological polar surface area (TPSA) is 75.7 Å². The highest BCUT2D eigenvalue weighted by Gasteiger charge is 1.98. The maximum absolute atomic E-state index is 8.60. The van der Waals surface area contributed by atoms with Crippen LogP contribution in [0.4, 0.5) is 0 Å². The van der Waals surface area contributed by atoms with Gasteiger partial charge in [0.15, 0.2) is 0 Å². The number of hydrogen-bond donors (Lipinski definition) is 3. The van der Waals surface area contributed by atoms with Gasteiger partial charge in [-0.15, -0.1) is 0 Å². The SMILES string of the molecule is NOCCC(O)CO. The second-order valence-corrected chi connectivity index (χ2v) is 1.50. The number of rotatable bonds is 4. The lowest BCUT2D eigenvalue weighted by Crippen LogP contribution is -2.15. The van der Waals surface area contributed by atoms with Crippen molar-refractivity contribution in [1.82, 2.24) is 0 Å². The molecule has 0 aromatic heterocycles. The van der Waals surface area contributed by atoms with Gasteiger partial charge < -0.3 is 15.1 Å². The molecule has 0 aromatic rings. The Hall–Kier alpha value is -0.160. The van der Waals surface area contributed by atoms with Crippen molar-refractivity contribution in [1.29, 1.82) is 0 Å². The Morgan fingerprint density at radius 1 is 1.62 bits per heavy atom. The summed E-state index contributed by atoms with van der Waals surface area (Å²) >= 11 is 0.